The summed E-state index contributed by atoms with van der Waals surface area (Å²) in [5.74, 6) is -0.0383. The van der Waals surface area contributed by atoms with E-state index in [0.29, 0.717) is 30.1 Å². The van der Waals surface area contributed by atoms with Crippen molar-refractivity contribution in [3.8, 4) is 0 Å². The van der Waals surface area contributed by atoms with Crippen LogP contribution in [0.4, 0.5) is 0 Å². The summed E-state index contributed by atoms with van der Waals surface area (Å²) in [5, 5.41) is 13.0. The lowest BCUT2D eigenvalue weighted by molar-refractivity contribution is 0.0729. The Morgan fingerprint density at radius 3 is 2.90 bits per heavy atom. The molecule has 1 atom stereocenters. The minimum Gasteiger partial charge on any atom is -0.411 e. The van der Waals surface area contributed by atoms with Gasteiger partial charge in [0, 0.05) is 25.4 Å². The Morgan fingerprint density at radius 2 is 2.25 bits per heavy atom. The standard InChI is InChI=1S/C14H16Cl2N2O2/c1-2-9-8-18(7-6-12(9)17-20)14(19)10-4-3-5-11(15)13(10)16/h3-5,9,20H,2,6-8H2,1H3/b17-12+. The predicted octanol–water partition coefficient (Wildman–Crippen LogP) is 3.70. The molecule has 1 aromatic carbocycles. The second kappa shape index (κ2) is 6.46. The summed E-state index contributed by atoms with van der Waals surface area (Å²) >= 11 is 12.0. The number of piperidine rings is 1. The van der Waals surface area contributed by atoms with Crippen LogP contribution in [-0.4, -0.2) is 34.8 Å². The molecule has 2 rings (SSSR count). The molecule has 0 aromatic heterocycles. The number of hydrogen-bond acceptors (Lipinski definition) is 3. The summed E-state index contributed by atoms with van der Waals surface area (Å²) in [6.45, 7) is 3.07. The number of rotatable bonds is 2. The first-order valence-corrected chi connectivity index (χ1v) is 7.28. The van der Waals surface area contributed by atoms with Gasteiger partial charge in [-0.05, 0) is 18.6 Å². The molecule has 1 saturated heterocycles. The average molecular weight is 315 g/mol. The second-order valence-electron chi connectivity index (χ2n) is 4.80. The van der Waals surface area contributed by atoms with E-state index in [1.54, 1.807) is 23.1 Å². The van der Waals surface area contributed by atoms with Crippen molar-refractivity contribution < 1.29 is 10.0 Å². The molecule has 1 unspecified atom stereocenters. The van der Waals surface area contributed by atoms with E-state index >= 15 is 0 Å². The molecule has 0 spiro atoms. The fraction of sp³-hybridized carbons (Fsp3) is 0.429. The summed E-state index contributed by atoms with van der Waals surface area (Å²) < 4.78 is 0. The molecular formula is C14H16Cl2N2O2. The number of halogens is 2. The number of benzene rings is 1. The van der Waals surface area contributed by atoms with Gasteiger partial charge in [-0.1, -0.05) is 41.3 Å². The quantitative estimate of drug-likeness (QED) is 0.668. The molecule has 1 aromatic rings. The van der Waals surface area contributed by atoms with Crippen LogP contribution in [0.15, 0.2) is 23.4 Å². The molecule has 20 heavy (non-hydrogen) atoms. The maximum atomic E-state index is 12.5. The number of amides is 1. The molecule has 1 heterocycles. The van der Waals surface area contributed by atoms with Gasteiger partial charge in [0.05, 0.1) is 21.3 Å². The minimum atomic E-state index is -0.132. The zero-order chi connectivity index (χ0) is 14.7. The van der Waals surface area contributed by atoms with Crippen molar-refractivity contribution in [3.05, 3.63) is 33.8 Å². The number of hydrogen-bond donors (Lipinski definition) is 1. The number of nitrogens with zero attached hydrogens (tertiary/aromatic N) is 2. The highest BCUT2D eigenvalue weighted by molar-refractivity contribution is 6.43. The Hall–Kier alpha value is -1.26. The molecule has 4 nitrogen and oxygen atoms in total. The van der Waals surface area contributed by atoms with E-state index in [2.05, 4.69) is 5.16 Å². The molecule has 0 saturated carbocycles. The van der Waals surface area contributed by atoms with E-state index in [-0.39, 0.29) is 16.8 Å². The van der Waals surface area contributed by atoms with Crippen LogP contribution in [0.5, 0.6) is 0 Å². The zero-order valence-corrected chi connectivity index (χ0v) is 12.7. The van der Waals surface area contributed by atoms with Crippen molar-refractivity contribution in [2.24, 2.45) is 11.1 Å². The van der Waals surface area contributed by atoms with Crippen molar-refractivity contribution in [1.29, 1.82) is 0 Å². The lowest BCUT2D eigenvalue weighted by Crippen LogP contribution is -2.44. The number of oxime groups is 1. The maximum absolute atomic E-state index is 12.5. The first-order valence-electron chi connectivity index (χ1n) is 6.52. The fourth-order valence-corrected chi connectivity index (χ4v) is 2.82. The Balaban J connectivity index is 2.20. The molecule has 1 aliphatic rings. The predicted molar refractivity (Wildman–Crippen MR) is 80.0 cm³/mol. The molecule has 1 amide bonds. The maximum Gasteiger partial charge on any atom is 0.255 e. The lowest BCUT2D eigenvalue weighted by Gasteiger charge is -2.33. The summed E-state index contributed by atoms with van der Waals surface area (Å²) in [4.78, 5) is 14.2. The van der Waals surface area contributed by atoms with Crippen molar-refractivity contribution >= 4 is 34.8 Å². The first-order chi connectivity index (χ1) is 9.58. The molecule has 6 heteroatoms. The molecule has 1 fully saturated rings. The monoisotopic (exact) mass is 314 g/mol. The Kier molecular flexibility index (Phi) is 4.89. The number of carbonyl (C=O) groups is 1. The van der Waals surface area contributed by atoms with Crippen molar-refractivity contribution in [2.75, 3.05) is 13.1 Å². The van der Waals surface area contributed by atoms with E-state index < -0.39 is 0 Å². The van der Waals surface area contributed by atoms with Gasteiger partial charge in [0.2, 0.25) is 0 Å². The van der Waals surface area contributed by atoms with Crippen LogP contribution in [0.25, 0.3) is 0 Å². The third-order valence-electron chi connectivity index (χ3n) is 3.64. The summed E-state index contributed by atoms with van der Waals surface area (Å²) in [6.07, 6.45) is 1.41. The van der Waals surface area contributed by atoms with Gasteiger partial charge in [0.1, 0.15) is 0 Å². The molecule has 0 bridgehead atoms. The van der Waals surface area contributed by atoms with Crippen molar-refractivity contribution in [1.82, 2.24) is 4.90 Å². The highest BCUT2D eigenvalue weighted by atomic mass is 35.5. The average Bonchev–Trinajstić information content (AvgIpc) is 2.48. The summed E-state index contributed by atoms with van der Waals surface area (Å²) in [5.41, 5.74) is 1.17. The van der Waals surface area contributed by atoms with Gasteiger partial charge < -0.3 is 10.1 Å². The van der Waals surface area contributed by atoms with Gasteiger partial charge in [0.25, 0.3) is 5.91 Å². The molecule has 1 N–H and O–H groups in total. The third kappa shape index (κ3) is 2.91. The van der Waals surface area contributed by atoms with Crippen LogP contribution in [0.3, 0.4) is 0 Å². The third-order valence-corrected chi connectivity index (χ3v) is 4.46. The summed E-state index contributed by atoms with van der Waals surface area (Å²) in [6, 6.07) is 5.04. The smallest absolute Gasteiger partial charge is 0.255 e. The minimum absolute atomic E-state index is 0.0932. The SMILES string of the molecule is CCC1CN(C(=O)c2cccc(Cl)c2Cl)CC/C1=N\O. The largest absolute Gasteiger partial charge is 0.411 e. The lowest BCUT2D eigenvalue weighted by atomic mass is 9.93. The van der Waals surface area contributed by atoms with E-state index in [9.17, 15) is 4.79 Å². The Bertz CT molecular complexity index is 546. The second-order valence-corrected chi connectivity index (χ2v) is 5.58. The molecule has 1 aliphatic heterocycles. The van der Waals surface area contributed by atoms with Crippen LogP contribution in [0.2, 0.25) is 10.0 Å². The van der Waals surface area contributed by atoms with Gasteiger partial charge in [-0.3, -0.25) is 4.79 Å². The van der Waals surface area contributed by atoms with Gasteiger partial charge in [-0.15, -0.1) is 0 Å². The Labute approximate surface area is 128 Å². The van der Waals surface area contributed by atoms with Gasteiger partial charge in [0.15, 0.2) is 0 Å². The normalized spacial score (nSPS) is 21.2. The van der Waals surface area contributed by atoms with Crippen molar-refractivity contribution in [2.45, 2.75) is 19.8 Å². The molecule has 0 radical (unpaired) electrons. The van der Waals surface area contributed by atoms with Crippen molar-refractivity contribution in [3.63, 3.8) is 0 Å². The zero-order valence-electron chi connectivity index (χ0n) is 11.1. The summed E-state index contributed by atoms with van der Waals surface area (Å²) in [7, 11) is 0. The topological polar surface area (TPSA) is 52.9 Å². The van der Waals surface area contributed by atoms with Crippen LogP contribution in [-0.2, 0) is 0 Å². The van der Waals surface area contributed by atoms with Crippen LogP contribution < -0.4 is 0 Å². The number of likely N-dealkylation sites (tertiary alicyclic amines) is 1. The highest BCUT2D eigenvalue weighted by Gasteiger charge is 2.29. The van der Waals surface area contributed by atoms with Crippen LogP contribution in [0.1, 0.15) is 30.1 Å². The van der Waals surface area contributed by atoms with Gasteiger partial charge >= 0.3 is 0 Å². The van der Waals surface area contributed by atoms with E-state index in [1.165, 1.54) is 0 Å². The Morgan fingerprint density at radius 1 is 1.50 bits per heavy atom. The van der Waals surface area contributed by atoms with Gasteiger partial charge in [-0.2, -0.15) is 0 Å². The van der Waals surface area contributed by atoms with E-state index in [0.717, 1.165) is 12.1 Å². The van der Waals surface area contributed by atoms with E-state index in [4.69, 9.17) is 28.4 Å². The van der Waals surface area contributed by atoms with Crippen LogP contribution >= 0.6 is 23.2 Å². The molecular weight excluding hydrogens is 299 g/mol. The number of carbonyl (C=O) groups excluding carboxylic acids is 1. The van der Waals surface area contributed by atoms with Crippen LogP contribution in [0, 0.1) is 5.92 Å². The first kappa shape index (κ1) is 15.1. The fourth-order valence-electron chi connectivity index (χ4n) is 2.44. The molecule has 108 valence electrons. The van der Waals surface area contributed by atoms with E-state index in [1.807, 2.05) is 6.92 Å². The van der Waals surface area contributed by atoms with Gasteiger partial charge in [-0.25, -0.2) is 0 Å². The highest BCUT2D eigenvalue weighted by Crippen LogP contribution is 2.28. The molecule has 0 aliphatic carbocycles.